The molecule has 1 unspecified atom stereocenters. The lowest BCUT2D eigenvalue weighted by Gasteiger charge is -2.35. The number of sulfone groups is 1. The van der Waals surface area contributed by atoms with Crippen molar-refractivity contribution in [2.24, 2.45) is 11.5 Å². The van der Waals surface area contributed by atoms with Gasteiger partial charge in [-0.25, -0.2) is 13.2 Å². The molecule has 10 heteroatoms. The molecule has 6 N–H and O–H groups in total. The second-order valence-corrected chi connectivity index (χ2v) is 9.80. The molecular weight excluding hydrogens is 474 g/mol. The van der Waals surface area contributed by atoms with Gasteiger partial charge in [-0.1, -0.05) is 42.5 Å². The van der Waals surface area contributed by atoms with E-state index in [2.05, 4.69) is 5.32 Å². The third kappa shape index (κ3) is 5.06. The molecule has 0 radical (unpaired) electrons. The van der Waals surface area contributed by atoms with Crippen LogP contribution < -0.4 is 21.7 Å². The van der Waals surface area contributed by atoms with E-state index in [0.29, 0.717) is 24.1 Å². The van der Waals surface area contributed by atoms with Crippen LogP contribution in [0.15, 0.2) is 82.6 Å². The first kappa shape index (κ1) is 25.2. The fraction of sp³-hybridized carbons (Fsp3) is 0.167. The summed E-state index contributed by atoms with van der Waals surface area (Å²) in [5.74, 6) is -0.0184. The summed E-state index contributed by atoms with van der Waals surface area (Å²) >= 11 is 0. The van der Waals surface area contributed by atoms with Crippen LogP contribution in [0.5, 0.6) is 0 Å². The van der Waals surface area contributed by atoms with Gasteiger partial charge in [-0.3, -0.25) is 10.3 Å². The zero-order valence-corrected chi connectivity index (χ0v) is 19.9. The molecule has 3 aromatic carbocycles. The van der Waals surface area contributed by atoms with Gasteiger partial charge < -0.3 is 16.8 Å². The standard InChI is InChI=1S/C24H25N5O3S.ClH/c25-22-13-10-18-14-20(33(31,32)19-4-2-1-3-5-19)11-12-21(18)29(22)24(30)28-15-16-6-8-17(9-7-16)23(26)27;/h1-9,11-12,14,22H,10,13,15,25H2,(H3,26,27)(H,28,30);1H. The minimum atomic E-state index is -3.65. The van der Waals surface area contributed by atoms with E-state index in [9.17, 15) is 13.2 Å². The van der Waals surface area contributed by atoms with Gasteiger partial charge in [0.25, 0.3) is 0 Å². The second kappa shape index (κ2) is 10.3. The van der Waals surface area contributed by atoms with Gasteiger partial charge in [0.2, 0.25) is 9.84 Å². The lowest BCUT2D eigenvalue weighted by molar-refractivity contribution is 0.242. The molecule has 0 spiro atoms. The van der Waals surface area contributed by atoms with Crippen LogP contribution in [-0.4, -0.2) is 26.5 Å². The fourth-order valence-corrected chi connectivity index (χ4v) is 5.17. The minimum Gasteiger partial charge on any atom is -0.384 e. The molecule has 2 amide bonds. The third-order valence-corrected chi connectivity index (χ3v) is 7.41. The number of nitrogen functional groups attached to an aromatic ring is 1. The van der Waals surface area contributed by atoms with Crippen molar-refractivity contribution in [2.45, 2.75) is 35.3 Å². The molecule has 34 heavy (non-hydrogen) atoms. The quantitative estimate of drug-likeness (QED) is 0.315. The van der Waals surface area contributed by atoms with Crippen molar-refractivity contribution >= 4 is 39.8 Å². The molecule has 1 aliphatic rings. The topological polar surface area (TPSA) is 142 Å². The minimum absolute atomic E-state index is 0. The van der Waals surface area contributed by atoms with Crippen LogP contribution in [0, 0.1) is 5.41 Å². The Morgan fingerprint density at radius 3 is 2.35 bits per heavy atom. The number of anilines is 1. The molecule has 0 bridgehead atoms. The molecule has 3 aromatic rings. The average Bonchev–Trinajstić information content (AvgIpc) is 2.83. The number of urea groups is 1. The van der Waals surface area contributed by atoms with E-state index in [1.165, 1.54) is 11.0 Å². The monoisotopic (exact) mass is 499 g/mol. The Kier molecular flexibility index (Phi) is 7.61. The van der Waals surface area contributed by atoms with Gasteiger partial charge in [-0.2, -0.15) is 0 Å². The average molecular weight is 500 g/mol. The summed E-state index contributed by atoms with van der Waals surface area (Å²) in [5, 5.41) is 10.3. The lowest BCUT2D eigenvalue weighted by atomic mass is 10.00. The molecular formula is C24H26ClN5O3S. The van der Waals surface area contributed by atoms with E-state index in [4.69, 9.17) is 16.9 Å². The predicted molar refractivity (Wildman–Crippen MR) is 134 cm³/mol. The molecule has 1 aliphatic heterocycles. The van der Waals surface area contributed by atoms with E-state index in [1.54, 1.807) is 66.7 Å². The highest BCUT2D eigenvalue weighted by Gasteiger charge is 2.30. The summed E-state index contributed by atoms with van der Waals surface area (Å²) < 4.78 is 26.0. The SMILES string of the molecule is Cl.N=C(N)c1ccc(CNC(=O)N2c3ccc(S(=O)(=O)c4ccccc4)cc3CCC2N)cc1. The first-order chi connectivity index (χ1) is 15.8. The van der Waals surface area contributed by atoms with Crippen molar-refractivity contribution in [1.29, 1.82) is 5.41 Å². The number of aryl methyl sites for hydroxylation is 1. The lowest BCUT2D eigenvalue weighted by Crippen LogP contribution is -2.52. The zero-order valence-electron chi connectivity index (χ0n) is 18.3. The van der Waals surface area contributed by atoms with E-state index < -0.39 is 16.0 Å². The number of rotatable bonds is 5. The number of amidine groups is 1. The van der Waals surface area contributed by atoms with Crippen molar-refractivity contribution in [3.63, 3.8) is 0 Å². The number of hydrogen-bond donors (Lipinski definition) is 4. The highest BCUT2D eigenvalue weighted by atomic mass is 35.5. The van der Waals surface area contributed by atoms with Gasteiger partial charge in [-0.15, -0.1) is 12.4 Å². The first-order valence-electron chi connectivity index (χ1n) is 10.5. The molecule has 0 fully saturated rings. The number of nitrogens with one attached hydrogen (secondary N) is 2. The summed E-state index contributed by atoms with van der Waals surface area (Å²) in [6.45, 7) is 0.274. The molecule has 0 saturated carbocycles. The number of amides is 2. The molecule has 8 nitrogen and oxygen atoms in total. The van der Waals surface area contributed by atoms with Crippen LogP contribution in [-0.2, 0) is 22.8 Å². The summed E-state index contributed by atoms with van der Waals surface area (Å²) in [6, 6.07) is 19.7. The van der Waals surface area contributed by atoms with E-state index >= 15 is 0 Å². The molecule has 0 saturated heterocycles. The largest absolute Gasteiger partial charge is 0.384 e. The van der Waals surface area contributed by atoms with Gasteiger partial charge in [0.05, 0.1) is 21.6 Å². The zero-order chi connectivity index (χ0) is 23.6. The highest BCUT2D eigenvalue weighted by molar-refractivity contribution is 7.91. The van der Waals surface area contributed by atoms with Crippen molar-refractivity contribution in [2.75, 3.05) is 4.90 Å². The van der Waals surface area contributed by atoms with E-state index in [0.717, 1.165) is 11.1 Å². The Morgan fingerprint density at radius 1 is 1.03 bits per heavy atom. The number of carbonyl (C=O) groups is 1. The summed E-state index contributed by atoms with van der Waals surface area (Å²) in [5.41, 5.74) is 14.5. The van der Waals surface area contributed by atoms with Crippen molar-refractivity contribution < 1.29 is 13.2 Å². The number of benzene rings is 3. The Labute approximate surface area is 204 Å². The number of hydrogen-bond acceptors (Lipinski definition) is 5. The summed E-state index contributed by atoms with van der Waals surface area (Å²) in [7, 11) is -3.65. The molecule has 1 atom stereocenters. The molecule has 0 aliphatic carbocycles. The third-order valence-electron chi connectivity index (χ3n) is 5.64. The number of fused-ring (bicyclic) bond motifs is 1. The van der Waals surface area contributed by atoms with Crippen LogP contribution >= 0.6 is 12.4 Å². The molecule has 1 heterocycles. The number of nitrogens with two attached hydrogens (primary N) is 2. The Hall–Kier alpha value is -3.40. The van der Waals surface area contributed by atoms with Gasteiger partial charge >= 0.3 is 6.03 Å². The predicted octanol–water partition coefficient (Wildman–Crippen LogP) is 3.17. The van der Waals surface area contributed by atoms with Crippen LogP contribution in [0.4, 0.5) is 10.5 Å². The van der Waals surface area contributed by atoms with E-state index in [-0.39, 0.29) is 40.6 Å². The number of carbonyl (C=O) groups excluding carboxylic acids is 1. The Morgan fingerprint density at radius 2 is 1.71 bits per heavy atom. The Balaban J connectivity index is 0.00000324. The number of halogens is 1. The molecule has 178 valence electrons. The van der Waals surface area contributed by atoms with Crippen molar-refractivity contribution in [1.82, 2.24) is 5.32 Å². The maximum atomic E-state index is 13.0. The summed E-state index contributed by atoms with van der Waals surface area (Å²) in [6.07, 6.45) is 0.571. The van der Waals surface area contributed by atoms with E-state index in [1.807, 2.05) is 0 Å². The van der Waals surface area contributed by atoms with Gasteiger partial charge in [0, 0.05) is 12.1 Å². The maximum Gasteiger partial charge on any atom is 0.323 e. The maximum absolute atomic E-state index is 13.0. The fourth-order valence-electron chi connectivity index (χ4n) is 3.84. The van der Waals surface area contributed by atoms with Gasteiger partial charge in [0.15, 0.2) is 0 Å². The Bertz CT molecular complexity index is 1300. The van der Waals surface area contributed by atoms with Crippen molar-refractivity contribution in [3.8, 4) is 0 Å². The van der Waals surface area contributed by atoms with Crippen LogP contribution in [0.1, 0.15) is 23.1 Å². The van der Waals surface area contributed by atoms with Crippen LogP contribution in [0.2, 0.25) is 0 Å². The van der Waals surface area contributed by atoms with Crippen LogP contribution in [0.25, 0.3) is 0 Å². The number of nitrogens with zero attached hydrogens (tertiary/aromatic N) is 1. The first-order valence-corrected chi connectivity index (χ1v) is 11.9. The van der Waals surface area contributed by atoms with Crippen LogP contribution in [0.3, 0.4) is 0 Å². The normalized spacial score (nSPS) is 15.1. The van der Waals surface area contributed by atoms with Gasteiger partial charge in [0.1, 0.15) is 5.84 Å². The summed E-state index contributed by atoms with van der Waals surface area (Å²) in [4.78, 5) is 14.9. The smallest absolute Gasteiger partial charge is 0.323 e. The van der Waals surface area contributed by atoms with Crippen molar-refractivity contribution in [3.05, 3.63) is 89.5 Å². The molecule has 0 aromatic heterocycles. The highest BCUT2D eigenvalue weighted by Crippen LogP contribution is 2.33. The molecule has 4 rings (SSSR count). The second-order valence-electron chi connectivity index (χ2n) is 7.85. The van der Waals surface area contributed by atoms with Gasteiger partial charge in [-0.05, 0) is 54.3 Å².